The summed E-state index contributed by atoms with van der Waals surface area (Å²) in [4.78, 5) is 61.3. The minimum Gasteiger partial charge on any atom is -0.357 e. The Kier molecular flexibility index (Phi) is 8.81. The van der Waals surface area contributed by atoms with Crippen LogP contribution in [0.4, 0.5) is 11.5 Å². The number of para-hydroxylation sites is 1. The summed E-state index contributed by atoms with van der Waals surface area (Å²) in [6.45, 7) is 3.99. The molecule has 10 nitrogen and oxygen atoms in total. The van der Waals surface area contributed by atoms with Crippen molar-refractivity contribution < 1.29 is 19.2 Å². The third-order valence-electron chi connectivity index (χ3n) is 8.87. The highest BCUT2D eigenvalue weighted by atomic mass is 16.2. The van der Waals surface area contributed by atoms with Crippen LogP contribution in [0.2, 0.25) is 0 Å². The minimum absolute atomic E-state index is 0.0321. The lowest BCUT2D eigenvalue weighted by Crippen LogP contribution is -2.35. The van der Waals surface area contributed by atoms with Crippen LogP contribution in [-0.2, 0) is 20.9 Å². The molecule has 1 unspecified atom stereocenters. The van der Waals surface area contributed by atoms with Crippen LogP contribution >= 0.6 is 0 Å². The van der Waals surface area contributed by atoms with Crippen molar-refractivity contribution in [1.82, 2.24) is 20.2 Å². The fourth-order valence-electron chi connectivity index (χ4n) is 6.32. The number of benzene rings is 2. The molecule has 1 atom stereocenters. The van der Waals surface area contributed by atoms with E-state index in [0.717, 1.165) is 59.3 Å². The molecule has 1 saturated heterocycles. The number of rotatable bonds is 10. The lowest BCUT2D eigenvalue weighted by molar-refractivity contribution is -0.125. The Balaban J connectivity index is 0.990. The van der Waals surface area contributed by atoms with Crippen molar-refractivity contribution in [3.05, 3.63) is 84.2 Å². The van der Waals surface area contributed by atoms with Gasteiger partial charge in [0.1, 0.15) is 5.82 Å². The average Bonchev–Trinajstić information content (AvgIpc) is 3.39. The van der Waals surface area contributed by atoms with Crippen molar-refractivity contribution in [1.29, 1.82) is 0 Å². The number of fused-ring (bicyclic) bond motifs is 2. The zero-order valence-electron chi connectivity index (χ0n) is 25.2. The van der Waals surface area contributed by atoms with E-state index in [0.29, 0.717) is 37.0 Å². The van der Waals surface area contributed by atoms with Crippen molar-refractivity contribution in [3.8, 4) is 11.1 Å². The third kappa shape index (κ3) is 6.69. The Morgan fingerprint density at radius 2 is 1.82 bits per heavy atom. The van der Waals surface area contributed by atoms with Crippen molar-refractivity contribution in [2.24, 2.45) is 5.92 Å². The van der Waals surface area contributed by atoms with Crippen LogP contribution in [0, 0.1) is 5.92 Å². The molecule has 45 heavy (non-hydrogen) atoms. The SMILES string of the molecule is CC(CCC(=O)NC=O)N1Cc2cc(NC(=O)CC3CCN(c4ccc(-c5cccc6cccnc56)cn4)CC3)ccc2C1=O. The van der Waals surface area contributed by atoms with Gasteiger partial charge in [0.2, 0.25) is 18.2 Å². The Morgan fingerprint density at radius 1 is 1.00 bits per heavy atom. The van der Waals surface area contributed by atoms with Gasteiger partial charge in [-0.05, 0) is 74.1 Å². The molecule has 2 N–H and O–H groups in total. The maximum Gasteiger partial charge on any atom is 0.254 e. The summed E-state index contributed by atoms with van der Waals surface area (Å²) in [5.41, 5.74) is 5.21. The van der Waals surface area contributed by atoms with Crippen LogP contribution in [0.15, 0.2) is 73.1 Å². The Hall–Kier alpha value is -5.12. The van der Waals surface area contributed by atoms with E-state index in [4.69, 9.17) is 4.98 Å². The summed E-state index contributed by atoms with van der Waals surface area (Å²) in [5.74, 6) is 0.738. The van der Waals surface area contributed by atoms with Crippen LogP contribution in [0.25, 0.3) is 22.0 Å². The molecule has 2 aromatic heterocycles. The number of carbonyl (C=O) groups excluding carboxylic acids is 4. The second-order valence-electron chi connectivity index (χ2n) is 11.8. The molecule has 6 rings (SSSR count). The zero-order chi connectivity index (χ0) is 31.3. The van der Waals surface area contributed by atoms with Crippen molar-refractivity contribution in [3.63, 3.8) is 0 Å². The number of amides is 4. The molecule has 4 heterocycles. The number of hydrogen-bond donors (Lipinski definition) is 2. The molecule has 0 saturated carbocycles. The Morgan fingerprint density at radius 3 is 2.60 bits per heavy atom. The average molecular weight is 605 g/mol. The van der Waals surface area contributed by atoms with Crippen LogP contribution in [0.5, 0.6) is 0 Å². The molecular weight excluding hydrogens is 568 g/mol. The molecule has 0 radical (unpaired) electrons. The number of piperidine rings is 1. The number of carbonyl (C=O) groups is 4. The highest BCUT2D eigenvalue weighted by molar-refractivity contribution is 6.00. The molecule has 2 aromatic carbocycles. The number of nitrogens with zero attached hydrogens (tertiary/aromatic N) is 4. The predicted octanol–water partition coefficient (Wildman–Crippen LogP) is 4.94. The monoisotopic (exact) mass is 604 g/mol. The lowest BCUT2D eigenvalue weighted by Gasteiger charge is -2.32. The first kappa shape index (κ1) is 29.9. The molecule has 10 heteroatoms. The fraction of sp³-hybridized carbons (Fsp3) is 0.314. The highest BCUT2D eigenvalue weighted by Crippen LogP contribution is 2.31. The molecule has 1 fully saturated rings. The first-order valence-corrected chi connectivity index (χ1v) is 15.4. The van der Waals surface area contributed by atoms with Gasteiger partial charge in [-0.3, -0.25) is 29.5 Å². The molecule has 4 aromatic rings. The van der Waals surface area contributed by atoms with E-state index in [1.54, 1.807) is 17.0 Å². The zero-order valence-corrected chi connectivity index (χ0v) is 25.2. The highest BCUT2D eigenvalue weighted by Gasteiger charge is 2.31. The third-order valence-corrected chi connectivity index (χ3v) is 8.87. The topological polar surface area (TPSA) is 125 Å². The molecule has 2 aliphatic heterocycles. The van der Waals surface area contributed by atoms with Gasteiger partial charge in [-0.25, -0.2) is 4.98 Å². The molecule has 230 valence electrons. The molecule has 2 aliphatic rings. The van der Waals surface area contributed by atoms with E-state index < -0.39 is 0 Å². The van der Waals surface area contributed by atoms with Gasteiger partial charge in [-0.1, -0.05) is 24.3 Å². The quantitative estimate of drug-likeness (QED) is 0.246. The molecule has 0 bridgehead atoms. The summed E-state index contributed by atoms with van der Waals surface area (Å²) in [6.07, 6.45) is 6.95. The summed E-state index contributed by atoms with van der Waals surface area (Å²) >= 11 is 0. The second-order valence-corrected chi connectivity index (χ2v) is 11.8. The molecular formula is C35H36N6O4. The van der Waals surface area contributed by atoms with E-state index in [9.17, 15) is 19.2 Å². The standard InChI is InChI=1S/C35H36N6O4/c1-23(7-12-32(43)38-22-42)41-21-27-19-28(9-10-30(27)35(41)45)39-33(44)18-24-13-16-40(17-14-24)31-11-8-26(20-37-31)29-6-2-4-25-5-3-15-36-34(25)29/h2-6,8-11,15,19-20,22-24H,7,12-14,16-18,21H2,1H3,(H,39,44)(H,38,42,43). The van der Waals surface area contributed by atoms with Crippen LogP contribution < -0.4 is 15.5 Å². The molecule has 0 spiro atoms. The minimum atomic E-state index is -0.363. The first-order chi connectivity index (χ1) is 21.9. The lowest BCUT2D eigenvalue weighted by atomic mass is 9.93. The number of pyridine rings is 2. The van der Waals surface area contributed by atoms with Crippen LogP contribution in [-0.4, -0.2) is 58.1 Å². The normalized spacial score (nSPS) is 15.5. The summed E-state index contributed by atoms with van der Waals surface area (Å²) in [7, 11) is 0. The van der Waals surface area contributed by atoms with Crippen LogP contribution in [0.3, 0.4) is 0 Å². The largest absolute Gasteiger partial charge is 0.357 e. The predicted molar refractivity (Wildman–Crippen MR) is 172 cm³/mol. The summed E-state index contributed by atoms with van der Waals surface area (Å²) < 4.78 is 0. The number of anilines is 2. The van der Waals surface area contributed by atoms with Crippen molar-refractivity contribution >= 4 is 46.5 Å². The first-order valence-electron chi connectivity index (χ1n) is 15.4. The van der Waals surface area contributed by atoms with Gasteiger partial charge in [0.05, 0.1) is 5.52 Å². The number of nitrogens with one attached hydrogen (secondary N) is 2. The second kappa shape index (κ2) is 13.3. The van der Waals surface area contributed by atoms with Gasteiger partial charge in [-0.2, -0.15) is 0 Å². The Bertz CT molecular complexity index is 1730. The molecule has 0 aliphatic carbocycles. The molecule has 4 amide bonds. The number of imide groups is 1. The van der Waals surface area contributed by atoms with Crippen molar-refractivity contribution in [2.75, 3.05) is 23.3 Å². The van der Waals surface area contributed by atoms with Gasteiger partial charge in [-0.15, -0.1) is 0 Å². The van der Waals surface area contributed by atoms with Gasteiger partial charge in [0, 0.05) is 78.7 Å². The summed E-state index contributed by atoms with van der Waals surface area (Å²) in [6, 6.07) is 19.6. The van der Waals surface area contributed by atoms with E-state index in [1.165, 1.54) is 0 Å². The van der Waals surface area contributed by atoms with E-state index >= 15 is 0 Å². The fourth-order valence-corrected chi connectivity index (χ4v) is 6.32. The van der Waals surface area contributed by atoms with Crippen LogP contribution in [0.1, 0.15) is 54.9 Å². The van der Waals surface area contributed by atoms with E-state index in [1.807, 2.05) is 37.5 Å². The smallest absolute Gasteiger partial charge is 0.254 e. The van der Waals surface area contributed by atoms with Crippen molar-refractivity contribution in [2.45, 2.75) is 51.6 Å². The van der Waals surface area contributed by atoms with Gasteiger partial charge >= 0.3 is 0 Å². The number of aromatic nitrogens is 2. The number of hydrogen-bond acceptors (Lipinski definition) is 7. The Labute approximate surface area is 261 Å². The van der Waals surface area contributed by atoms with Gasteiger partial charge in [0.25, 0.3) is 5.91 Å². The van der Waals surface area contributed by atoms with Gasteiger partial charge in [0.15, 0.2) is 0 Å². The van der Waals surface area contributed by atoms with E-state index in [2.05, 4.69) is 50.8 Å². The summed E-state index contributed by atoms with van der Waals surface area (Å²) in [5, 5.41) is 6.25. The van der Waals surface area contributed by atoms with E-state index in [-0.39, 0.29) is 36.1 Å². The maximum absolute atomic E-state index is 13.0. The van der Waals surface area contributed by atoms with Gasteiger partial charge < -0.3 is 15.1 Å². The maximum atomic E-state index is 13.0.